The van der Waals surface area contributed by atoms with Gasteiger partial charge in [0.2, 0.25) is 0 Å². The highest BCUT2D eigenvalue weighted by Gasteiger charge is 2.47. The van der Waals surface area contributed by atoms with E-state index in [4.69, 9.17) is 5.73 Å². The molecule has 7 heteroatoms. The topological polar surface area (TPSA) is 60.9 Å². The van der Waals surface area contributed by atoms with Gasteiger partial charge < -0.3 is 5.73 Å². The molecule has 94 valence electrons. The molecule has 1 aliphatic rings. The van der Waals surface area contributed by atoms with Crippen LogP contribution in [0, 0.1) is 11.8 Å². The van der Waals surface area contributed by atoms with E-state index in [1.807, 2.05) is 0 Å². The van der Waals surface area contributed by atoms with E-state index >= 15 is 0 Å². The van der Waals surface area contributed by atoms with E-state index in [9.17, 15) is 18.0 Å². The van der Waals surface area contributed by atoms with Crippen molar-refractivity contribution < 1.29 is 18.0 Å². The predicted molar refractivity (Wildman–Crippen MR) is 53.0 cm³/mol. The third-order valence-corrected chi connectivity index (χ3v) is 3.10. The first-order valence-corrected chi connectivity index (χ1v) is 5.26. The van der Waals surface area contributed by atoms with Gasteiger partial charge in [0.15, 0.2) is 0 Å². The van der Waals surface area contributed by atoms with E-state index in [0.717, 1.165) is 0 Å². The Balaban J connectivity index is 1.92. The fourth-order valence-electron chi connectivity index (χ4n) is 2.08. The summed E-state index contributed by atoms with van der Waals surface area (Å²) in [6.07, 6.45) is -2.49. The summed E-state index contributed by atoms with van der Waals surface area (Å²) in [6, 6.07) is 1.46. The van der Waals surface area contributed by atoms with Crippen molar-refractivity contribution in [3.63, 3.8) is 0 Å². The molecule has 0 spiro atoms. The van der Waals surface area contributed by atoms with Gasteiger partial charge in [-0.25, -0.2) is 0 Å². The van der Waals surface area contributed by atoms with E-state index in [2.05, 4.69) is 5.10 Å². The summed E-state index contributed by atoms with van der Waals surface area (Å²) in [5.74, 6) is -1.91. The van der Waals surface area contributed by atoms with Crippen molar-refractivity contribution in [3.05, 3.63) is 18.0 Å². The highest BCUT2D eigenvalue weighted by Crippen LogP contribution is 2.45. The first kappa shape index (κ1) is 11.9. The lowest BCUT2D eigenvalue weighted by Gasteiger charge is -2.36. The summed E-state index contributed by atoms with van der Waals surface area (Å²) < 4.78 is 38.2. The maximum atomic E-state index is 12.3. The van der Waals surface area contributed by atoms with Crippen molar-refractivity contribution in [2.75, 3.05) is 0 Å². The van der Waals surface area contributed by atoms with Gasteiger partial charge in [0.1, 0.15) is 5.69 Å². The summed E-state index contributed by atoms with van der Waals surface area (Å²) in [7, 11) is 0. The van der Waals surface area contributed by atoms with Gasteiger partial charge in [0.05, 0.1) is 5.92 Å². The zero-order valence-corrected chi connectivity index (χ0v) is 8.94. The van der Waals surface area contributed by atoms with Crippen LogP contribution < -0.4 is 5.73 Å². The average molecular weight is 247 g/mol. The number of hydrogen-bond donors (Lipinski definition) is 1. The predicted octanol–water partition coefficient (Wildman–Crippen LogP) is 1.57. The quantitative estimate of drug-likeness (QED) is 0.881. The molecule has 1 aromatic rings. The number of carbonyl (C=O) groups excluding carboxylic acids is 1. The van der Waals surface area contributed by atoms with Gasteiger partial charge >= 0.3 is 6.18 Å². The number of nitrogens with zero attached hydrogens (tertiary/aromatic N) is 2. The number of rotatable bonds is 3. The van der Waals surface area contributed by atoms with E-state index < -0.39 is 18.0 Å². The van der Waals surface area contributed by atoms with Crippen molar-refractivity contribution in [1.82, 2.24) is 9.78 Å². The zero-order valence-electron chi connectivity index (χ0n) is 8.94. The minimum absolute atomic E-state index is 0.0837. The van der Waals surface area contributed by atoms with Crippen LogP contribution in [0.4, 0.5) is 13.2 Å². The molecule has 1 fully saturated rings. The number of nitrogens with two attached hydrogens (primary N) is 1. The Kier molecular flexibility index (Phi) is 2.84. The summed E-state index contributed by atoms with van der Waals surface area (Å²) in [5, 5.41) is 3.88. The molecule has 0 unspecified atom stereocenters. The second-order valence-corrected chi connectivity index (χ2v) is 4.34. The first-order chi connectivity index (χ1) is 7.88. The smallest absolute Gasteiger partial charge is 0.364 e. The Hall–Kier alpha value is -1.53. The van der Waals surface area contributed by atoms with Crippen LogP contribution >= 0.6 is 0 Å². The van der Waals surface area contributed by atoms with Gasteiger partial charge in [0.25, 0.3) is 5.91 Å². The Bertz CT molecular complexity index is 421. The molecule has 2 N–H and O–H groups in total. The number of aromatic nitrogens is 2. The van der Waals surface area contributed by atoms with Crippen molar-refractivity contribution >= 4 is 5.91 Å². The van der Waals surface area contributed by atoms with Crippen LogP contribution in [0.3, 0.4) is 0 Å². The molecule has 0 saturated heterocycles. The summed E-state index contributed by atoms with van der Waals surface area (Å²) in [5.41, 5.74) is 5.35. The molecule has 0 atom stereocenters. The monoisotopic (exact) mass is 247 g/mol. The lowest BCUT2D eigenvalue weighted by molar-refractivity contribution is -0.205. The Labute approximate surface area is 95.6 Å². The standard InChI is InChI=1S/C10H12F3N3O/c11-10(12,13)7-3-6(4-7)5-16-8(9(14)17)1-2-15-16/h1-2,6-7H,3-5H2,(H2,14,17). The third-order valence-electron chi connectivity index (χ3n) is 3.10. The minimum Gasteiger partial charge on any atom is -0.364 e. The molecule has 2 rings (SSSR count). The second-order valence-electron chi connectivity index (χ2n) is 4.34. The molecule has 1 amide bonds. The van der Waals surface area contributed by atoms with Crippen LogP contribution in [0.25, 0.3) is 0 Å². The van der Waals surface area contributed by atoms with E-state index in [-0.39, 0.29) is 24.5 Å². The van der Waals surface area contributed by atoms with Gasteiger partial charge in [-0.2, -0.15) is 18.3 Å². The first-order valence-electron chi connectivity index (χ1n) is 5.26. The van der Waals surface area contributed by atoms with Crippen LogP contribution in [-0.2, 0) is 6.54 Å². The van der Waals surface area contributed by atoms with Crippen LogP contribution in [0.1, 0.15) is 23.3 Å². The number of alkyl halides is 3. The maximum absolute atomic E-state index is 12.3. The molecule has 17 heavy (non-hydrogen) atoms. The third kappa shape index (κ3) is 2.42. The molecule has 0 radical (unpaired) electrons. The zero-order chi connectivity index (χ0) is 12.6. The molecular weight excluding hydrogens is 235 g/mol. The summed E-state index contributed by atoms with van der Waals surface area (Å²) in [4.78, 5) is 11.0. The second kappa shape index (κ2) is 4.05. The fraction of sp³-hybridized carbons (Fsp3) is 0.600. The highest BCUT2D eigenvalue weighted by molar-refractivity contribution is 5.90. The number of amides is 1. The van der Waals surface area contributed by atoms with Crippen LogP contribution in [0.5, 0.6) is 0 Å². The van der Waals surface area contributed by atoms with Crippen LogP contribution in [-0.4, -0.2) is 21.9 Å². The Morgan fingerprint density at radius 2 is 2.18 bits per heavy atom. The number of primary amides is 1. The SMILES string of the molecule is NC(=O)c1ccnn1CC1CC(C(F)(F)F)C1. The molecule has 1 heterocycles. The van der Waals surface area contributed by atoms with Gasteiger partial charge in [-0.15, -0.1) is 0 Å². The van der Waals surface area contributed by atoms with Crippen molar-refractivity contribution in [2.24, 2.45) is 17.6 Å². The summed E-state index contributed by atoms with van der Waals surface area (Å²) >= 11 is 0. The van der Waals surface area contributed by atoms with Crippen LogP contribution in [0.2, 0.25) is 0 Å². The lowest BCUT2D eigenvalue weighted by Crippen LogP contribution is -2.38. The van der Waals surface area contributed by atoms with E-state index in [0.29, 0.717) is 6.54 Å². The normalized spacial score (nSPS) is 24.4. The van der Waals surface area contributed by atoms with Gasteiger partial charge in [-0.1, -0.05) is 0 Å². The van der Waals surface area contributed by atoms with Crippen molar-refractivity contribution in [1.29, 1.82) is 0 Å². The molecule has 1 aromatic heterocycles. The molecular formula is C10H12F3N3O. The minimum atomic E-state index is -4.10. The van der Waals surface area contributed by atoms with Crippen molar-refractivity contribution in [3.8, 4) is 0 Å². The lowest BCUT2D eigenvalue weighted by atomic mass is 9.74. The fourth-order valence-corrected chi connectivity index (χ4v) is 2.08. The summed E-state index contributed by atoms with van der Waals surface area (Å²) in [6.45, 7) is 0.317. The van der Waals surface area contributed by atoms with Gasteiger partial charge in [-0.05, 0) is 24.8 Å². The molecule has 0 aliphatic heterocycles. The largest absolute Gasteiger partial charge is 0.391 e. The van der Waals surface area contributed by atoms with Crippen molar-refractivity contribution in [2.45, 2.75) is 25.6 Å². The van der Waals surface area contributed by atoms with E-state index in [1.54, 1.807) is 0 Å². The Morgan fingerprint density at radius 3 is 2.71 bits per heavy atom. The molecule has 0 bridgehead atoms. The van der Waals surface area contributed by atoms with Gasteiger partial charge in [-0.3, -0.25) is 9.48 Å². The van der Waals surface area contributed by atoms with E-state index in [1.165, 1.54) is 16.9 Å². The van der Waals surface area contributed by atoms with Gasteiger partial charge in [0, 0.05) is 12.7 Å². The Morgan fingerprint density at radius 1 is 1.53 bits per heavy atom. The van der Waals surface area contributed by atoms with Crippen LogP contribution in [0.15, 0.2) is 12.3 Å². The molecule has 1 aliphatic carbocycles. The number of halogens is 3. The molecule has 1 saturated carbocycles. The number of hydrogen-bond acceptors (Lipinski definition) is 2. The maximum Gasteiger partial charge on any atom is 0.391 e. The molecule has 0 aromatic carbocycles. The highest BCUT2D eigenvalue weighted by atomic mass is 19.4. The molecule has 4 nitrogen and oxygen atoms in total. The average Bonchev–Trinajstić information content (AvgIpc) is 2.55. The number of carbonyl (C=O) groups is 1.